The van der Waals surface area contributed by atoms with Gasteiger partial charge in [0.25, 0.3) is 15.9 Å². The summed E-state index contributed by atoms with van der Waals surface area (Å²) in [5, 5.41) is 4.27. The number of amides is 2. The summed E-state index contributed by atoms with van der Waals surface area (Å²) in [6.45, 7) is -0.538. The van der Waals surface area contributed by atoms with Crippen LogP contribution in [-0.4, -0.2) is 50.3 Å². The zero-order valence-electron chi connectivity index (χ0n) is 16.2. The van der Waals surface area contributed by atoms with Crippen molar-refractivity contribution in [3.63, 3.8) is 0 Å². The van der Waals surface area contributed by atoms with Gasteiger partial charge in [-0.05, 0) is 37.1 Å². The van der Waals surface area contributed by atoms with Crippen LogP contribution in [0.5, 0.6) is 0 Å². The first-order chi connectivity index (χ1) is 14.6. The fraction of sp³-hybridized carbons (Fsp3) is 0.368. The fourth-order valence-electron chi connectivity index (χ4n) is 3.07. The SMILES string of the molecule is O=C(Cc1ccc(S(=O)(=O)N2CCCC2)s1)Nc1ccccc1C(=O)NCC(F)(F)F. The van der Waals surface area contributed by atoms with Gasteiger partial charge in [-0.2, -0.15) is 17.5 Å². The molecule has 2 N–H and O–H groups in total. The molecule has 1 aromatic carbocycles. The summed E-state index contributed by atoms with van der Waals surface area (Å²) in [6.07, 6.45) is -3.07. The highest BCUT2D eigenvalue weighted by Crippen LogP contribution is 2.28. The molecule has 0 saturated carbocycles. The highest BCUT2D eigenvalue weighted by Gasteiger charge is 2.29. The van der Waals surface area contributed by atoms with Crippen LogP contribution in [0.2, 0.25) is 0 Å². The van der Waals surface area contributed by atoms with E-state index in [-0.39, 0.29) is 21.9 Å². The lowest BCUT2D eigenvalue weighted by molar-refractivity contribution is -0.123. The maximum atomic E-state index is 12.6. The molecule has 12 heteroatoms. The van der Waals surface area contributed by atoms with Crippen LogP contribution in [0.3, 0.4) is 0 Å². The highest BCUT2D eigenvalue weighted by molar-refractivity contribution is 7.91. The Balaban J connectivity index is 1.66. The average Bonchev–Trinajstić information content (AvgIpc) is 3.38. The van der Waals surface area contributed by atoms with Crippen molar-refractivity contribution >= 4 is 38.9 Å². The number of carbonyl (C=O) groups excluding carboxylic acids is 2. The third kappa shape index (κ3) is 6.05. The Hall–Kier alpha value is -2.44. The van der Waals surface area contributed by atoms with Gasteiger partial charge in [-0.25, -0.2) is 8.42 Å². The van der Waals surface area contributed by atoms with Crippen molar-refractivity contribution in [2.45, 2.75) is 29.6 Å². The minimum Gasteiger partial charge on any atom is -0.343 e. The van der Waals surface area contributed by atoms with E-state index in [1.165, 1.54) is 34.6 Å². The molecule has 1 fully saturated rings. The molecule has 0 bridgehead atoms. The molecule has 2 heterocycles. The number of para-hydroxylation sites is 1. The van der Waals surface area contributed by atoms with E-state index in [9.17, 15) is 31.2 Å². The van der Waals surface area contributed by atoms with Crippen molar-refractivity contribution in [2.24, 2.45) is 0 Å². The zero-order chi connectivity index (χ0) is 22.6. The van der Waals surface area contributed by atoms with Gasteiger partial charge < -0.3 is 10.6 Å². The predicted molar refractivity (Wildman–Crippen MR) is 109 cm³/mol. The standard InChI is InChI=1S/C19H20F3N3O4S2/c20-19(21,22)12-23-18(27)14-5-1-2-6-15(14)24-16(26)11-13-7-8-17(30-13)31(28,29)25-9-3-4-10-25/h1-2,5-8H,3-4,9-12H2,(H,23,27)(H,24,26). The molecule has 7 nitrogen and oxygen atoms in total. The van der Waals surface area contributed by atoms with Gasteiger partial charge in [0.2, 0.25) is 5.91 Å². The van der Waals surface area contributed by atoms with Crippen LogP contribution < -0.4 is 10.6 Å². The van der Waals surface area contributed by atoms with Crippen LogP contribution in [0.25, 0.3) is 0 Å². The first kappa shape index (κ1) is 23.2. The molecule has 168 valence electrons. The van der Waals surface area contributed by atoms with Gasteiger partial charge in [-0.15, -0.1) is 11.3 Å². The third-order valence-corrected chi connectivity index (χ3v) is 7.98. The van der Waals surface area contributed by atoms with Gasteiger partial charge in [-0.1, -0.05) is 12.1 Å². The number of thiophene rings is 1. The van der Waals surface area contributed by atoms with E-state index >= 15 is 0 Å². The molecule has 2 amide bonds. The summed E-state index contributed by atoms with van der Waals surface area (Å²) in [5.74, 6) is -1.49. The number of anilines is 1. The van der Waals surface area contributed by atoms with Gasteiger partial charge in [-0.3, -0.25) is 9.59 Å². The molecule has 1 saturated heterocycles. The molecule has 31 heavy (non-hydrogen) atoms. The molecule has 0 aliphatic carbocycles. The summed E-state index contributed by atoms with van der Waals surface area (Å²) in [4.78, 5) is 25.0. The number of alkyl halides is 3. The number of benzene rings is 1. The smallest absolute Gasteiger partial charge is 0.343 e. The minimum atomic E-state index is -4.56. The third-order valence-electron chi connectivity index (χ3n) is 4.53. The maximum Gasteiger partial charge on any atom is 0.405 e. The second kappa shape index (κ2) is 9.37. The minimum absolute atomic E-state index is 0.0636. The Bertz CT molecular complexity index is 1060. The molecule has 0 spiro atoms. The number of nitrogens with one attached hydrogen (secondary N) is 2. The van der Waals surface area contributed by atoms with Crippen molar-refractivity contribution in [1.82, 2.24) is 9.62 Å². The Labute approximate surface area is 181 Å². The number of hydrogen-bond donors (Lipinski definition) is 2. The zero-order valence-corrected chi connectivity index (χ0v) is 17.9. The Kier molecular flexibility index (Phi) is 7.02. The summed E-state index contributed by atoms with van der Waals surface area (Å²) < 4.78 is 63.8. The van der Waals surface area contributed by atoms with Crippen LogP contribution in [0, 0.1) is 0 Å². The first-order valence-electron chi connectivity index (χ1n) is 9.39. The number of hydrogen-bond acceptors (Lipinski definition) is 5. The molecule has 1 aliphatic rings. The normalized spacial score (nSPS) is 15.1. The number of halogens is 3. The van der Waals surface area contributed by atoms with E-state index in [4.69, 9.17) is 0 Å². The summed E-state index contributed by atoms with van der Waals surface area (Å²) >= 11 is 0.992. The number of carbonyl (C=O) groups is 2. The molecule has 0 radical (unpaired) electrons. The van der Waals surface area contributed by atoms with Gasteiger partial charge in [0.1, 0.15) is 10.8 Å². The topological polar surface area (TPSA) is 95.6 Å². The molecule has 0 atom stereocenters. The number of sulfonamides is 1. The van der Waals surface area contributed by atoms with Gasteiger partial charge in [0.05, 0.1) is 17.7 Å². The van der Waals surface area contributed by atoms with Gasteiger partial charge >= 0.3 is 6.18 Å². The molecule has 2 aromatic rings. The Morgan fingerprint density at radius 1 is 1.06 bits per heavy atom. The highest BCUT2D eigenvalue weighted by atomic mass is 32.2. The Morgan fingerprint density at radius 2 is 1.74 bits per heavy atom. The van der Waals surface area contributed by atoms with Crippen LogP contribution in [0.4, 0.5) is 18.9 Å². The number of nitrogens with zero attached hydrogens (tertiary/aromatic N) is 1. The van der Waals surface area contributed by atoms with Crippen molar-refractivity contribution in [2.75, 3.05) is 25.0 Å². The van der Waals surface area contributed by atoms with E-state index in [1.807, 2.05) is 0 Å². The largest absolute Gasteiger partial charge is 0.405 e. The van der Waals surface area contributed by atoms with Crippen LogP contribution in [0.1, 0.15) is 28.1 Å². The molecule has 1 aromatic heterocycles. The van der Waals surface area contributed by atoms with Crippen LogP contribution >= 0.6 is 11.3 Å². The van der Waals surface area contributed by atoms with Gasteiger partial charge in [0, 0.05) is 18.0 Å². The average molecular weight is 476 g/mol. The molecular weight excluding hydrogens is 455 g/mol. The molecular formula is C19H20F3N3O4S2. The predicted octanol–water partition coefficient (Wildman–Crippen LogP) is 3.01. The lowest BCUT2D eigenvalue weighted by atomic mass is 10.1. The lowest BCUT2D eigenvalue weighted by Crippen LogP contribution is -2.34. The maximum absolute atomic E-state index is 12.6. The second-order valence-corrected chi connectivity index (χ2v) is 10.2. The quantitative estimate of drug-likeness (QED) is 0.644. The number of rotatable bonds is 7. The fourth-order valence-corrected chi connectivity index (χ4v) is 6.09. The van der Waals surface area contributed by atoms with Crippen LogP contribution in [0.15, 0.2) is 40.6 Å². The molecule has 3 rings (SSSR count). The lowest BCUT2D eigenvalue weighted by Gasteiger charge is -2.13. The van der Waals surface area contributed by atoms with Gasteiger partial charge in [0.15, 0.2) is 0 Å². The Morgan fingerprint density at radius 3 is 2.42 bits per heavy atom. The molecule has 1 aliphatic heterocycles. The second-order valence-electron chi connectivity index (χ2n) is 6.90. The van der Waals surface area contributed by atoms with Crippen LogP contribution in [-0.2, 0) is 21.2 Å². The molecule has 0 unspecified atom stereocenters. The summed E-state index contributed by atoms with van der Waals surface area (Å²) in [7, 11) is -3.57. The van der Waals surface area contributed by atoms with Crippen molar-refractivity contribution in [3.05, 3.63) is 46.8 Å². The van der Waals surface area contributed by atoms with E-state index in [0.29, 0.717) is 18.0 Å². The van der Waals surface area contributed by atoms with E-state index < -0.39 is 34.6 Å². The monoisotopic (exact) mass is 475 g/mol. The van der Waals surface area contributed by atoms with Crippen molar-refractivity contribution in [3.8, 4) is 0 Å². The van der Waals surface area contributed by atoms with E-state index in [2.05, 4.69) is 5.32 Å². The summed E-state index contributed by atoms with van der Waals surface area (Å²) in [6, 6.07) is 8.70. The van der Waals surface area contributed by atoms with Crippen molar-refractivity contribution < 1.29 is 31.2 Å². The van der Waals surface area contributed by atoms with E-state index in [1.54, 1.807) is 11.4 Å². The van der Waals surface area contributed by atoms with Crippen molar-refractivity contribution in [1.29, 1.82) is 0 Å². The summed E-state index contributed by atoms with van der Waals surface area (Å²) in [5.41, 5.74) is -0.0442. The first-order valence-corrected chi connectivity index (χ1v) is 11.6. The van der Waals surface area contributed by atoms with E-state index in [0.717, 1.165) is 24.2 Å².